The first-order valence-electron chi connectivity index (χ1n) is 5.06. The Hall–Kier alpha value is -1.16. The SMILES string of the molecule is C/C=C/C(=O)N1CCc2c(F)ccc(Br)c21. The van der Waals surface area contributed by atoms with Crippen LogP contribution in [-0.2, 0) is 11.2 Å². The molecule has 2 nitrogen and oxygen atoms in total. The molecule has 1 aliphatic rings. The number of nitrogens with zero attached hydrogens (tertiary/aromatic N) is 1. The Balaban J connectivity index is 2.46. The molecule has 2 rings (SSSR count). The Morgan fingerprint density at radius 1 is 1.56 bits per heavy atom. The van der Waals surface area contributed by atoms with Crippen molar-refractivity contribution in [1.29, 1.82) is 0 Å². The lowest BCUT2D eigenvalue weighted by Crippen LogP contribution is -2.27. The van der Waals surface area contributed by atoms with E-state index >= 15 is 0 Å². The minimum Gasteiger partial charge on any atom is -0.307 e. The molecule has 1 aliphatic heterocycles. The summed E-state index contributed by atoms with van der Waals surface area (Å²) in [5.41, 5.74) is 1.29. The van der Waals surface area contributed by atoms with Gasteiger partial charge in [0.25, 0.3) is 5.91 Å². The minimum absolute atomic E-state index is 0.104. The number of amides is 1. The molecule has 0 N–H and O–H groups in total. The summed E-state index contributed by atoms with van der Waals surface area (Å²) in [6, 6.07) is 3.06. The van der Waals surface area contributed by atoms with E-state index < -0.39 is 0 Å². The van der Waals surface area contributed by atoms with Crippen LogP contribution < -0.4 is 4.90 Å². The van der Waals surface area contributed by atoms with Gasteiger partial charge in [-0.05, 0) is 47.5 Å². The van der Waals surface area contributed by atoms with Gasteiger partial charge in [-0.2, -0.15) is 0 Å². The van der Waals surface area contributed by atoms with Crippen molar-refractivity contribution in [3.05, 3.63) is 40.1 Å². The van der Waals surface area contributed by atoms with Gasteiger partial charge in [0, 0.05) is 16.6 Å². The van der Waals surface area contributed by atoms with Crippen LogP contribution in [0, 0.1) is 5.82 Å². The van der Waals surface area contributed by atoms with Gasteiger partial charge in [-0.15, -0.1) is 0 Å². The molecule has 1 aromatic carbocycles. The van der Waals surface area contributed by atoms with Gasteiger partial charge in [-0.1, -0.05) is 6.08 Å². The average Bonchev–Trinajstić information content (AvgIpc) is 2.69. The molecule has 84 valence electrons. The van der Waals surface area contributed by atoms with Crippen molar-refractivity contribution in [2.45, 2.75) is 13.3 Å². The first kappa shape index (κ1) is 11.3. The van der Waals surface area contributed by atoms with Crippen LogP contribution in [0.2, 0.25) is 0 Å². The summed E-state index contributed by atoms with van der Waals surface area (Å²) in [7, 11) is 0. The van der Waals surface area contributed by atoms with Gasteiger partial charge in [-0.3, -0.25) is 4.79 Å². The molecular formula is C12H11BrFNO. The highest BCUT2D eigenvalue weighted by atomic mass is 79.9. The third kappa shape index (κ3) is 1.78. The third-order valence-electron chi connectivity index (χ3n) is 2.61. The number of benzene rings is 1. The van der Waals surface area contributed by atoms with Crippen molar-refractivity contribution in [3.8, 4) is 0 Å². The molecule has 0 aromatic heterocycles. The highest BCUT2D eigenvalue weighted by Gasteiger charge is 2.27. The van der Waals surface area contributed by atoms with E-state index in [1.54, 1.807) is 24.0 Å². The molecule has 0 spiro atoms. The summed E-state index contributed by atoms with van der Waals surface area (Å²) in [5.74, 6) is -0.346. The van der Waals surface area contributed by atoms with Crippen LogP contribution in [0.4, 0.5) is 10.1 Å². The van der Waals surface area contributed by atoms with Gasteiger partial charge in [0.05, 0.1) is 5.69 Å². The van der Waals surface area contributed by atoms with E-state index in [0.29, 0.717) is 24.2 Å². The van der Waals surface area contributed by atoms with E-state index in [2.05, 4.69) is 15.9 Å². The number of anilines is 1. The quantitative estimate of drug-likeness (QED) is 0.726. The summed E-state index contributed by atoms with van der Waals surface area (Å²) in [6.45, 7) is 2.33. The lowest BCUT2D eigenvalue weighted by atomic mass is 10.1. The number of halogens is 2. The summed E-state index contributed by atoms with van der Waals surface area (Å²) in [4.78, 5) is 13.4. The molecule has 0 atom stereocenters. The normalized spacial score (nSPS) is 14.6. The maximum atomic E-state index is 13.5. The molecule has 0 aliphatic carbocycles. The van der Waals surface area contributed by atoms with Gasteiger partial charge in [-0.25, -0.2) is 4.39 Å². The zero-order valence-corrected chi connectivity index (χ0v) is 10.4. The fourth-order valence-corrected chi connectivity index (χ4v) is 2.49. The first-order valence-corrected chi connectivity index (χ1v) is 5.85. The average molecular weight is 284 g/mol. The number of carbonyl (C=O) groups excluding carboxylic acids is 1. The second-order valence-corrected chi connectivity index (χ2v) is 4.45. The fourth-order valence-electron chi connectivity index (χ4n) is 1.90. The molecule has 0 saturated carbocycles. The fraction of sp³-hybridized carbons (Fsp3) is 0.250. The van der Waals surface area contributed by atoms with E-state index in [1.807, 2.05) is 0 Å². The Morgan fingerprint density at radius 3 is 3.00 bits per heavy atom. The Morgan fingerprint density at radius 2 is 2.31 bits per heavy atom. The molecule has 1 heterocycles. The molecule has 0 bridgehead atoms. The maximum Gasteiger partial charge on any atom is 0.250 e. The van der Waals surface area contributed by atoms with Gasteiger partial charge in [0.15, 0.2) is 0 Å². The topological polar surface area (TPSA) is 20.3 Å². The molecular weight excluding hydrogens is 273 g/mol. The Bertz CT molecular complexity index is 470. The molecule has 0 fully saturated rings. The van der Waals surface area contributed by atoms with E-state index in [9.17, 15) is 9.18 Å². The predicted molar refractivity (Wildman–Crippen MR) is 65.0 cm³/mol. The number of carbonyl (C=O) groups is 1. The smallest absolute Gasteiger partial charge is 0.250 e. The van der Waals surface area contributed by atoms with Crippen LogP contribution in [0.25, 0.3) is 0 Å². The van der Waals surface area contributed by atoms with Crippen molar-refractivity contribution >= 4 is 27.5 Å². The largest absolute Gasteiger partial charge is 0.307 e. The molecule has 0 radical (unpaired) electrons. The van der Waals surface area contributed by atoms with Crippen LogP contribution in [-0.4, -0.2) is 12.5 Å². The maximum absolute atomic E-state index is 13.5. The van der Waals surface area contributed by atoms with E-state index in [1.165, 1.54) is 12.1 Å². The number of rotatable bonds is 1. The zero-order valence-electron chi connectivity index (χ0n) is 8.84. The summed E-state index contributed by atoms with van der Waals surface area (Å²) < 4.78 is 14.3. The minimum atomic E-state index is -0.242. The van der Waals surface area contributed by atoms with E-state index in [-0.39, 0.29) is 11.7 Å². The van der Waals surface area contributed by atoms with Gasteiger partial charge < -0.3 is 4.90 Å². The Labute approximate surface area is 102 Å². The van der Waals surface area contributed by atoms with Crippen LogP contribution >= 0.6 is 15.9 Å². The first-order chi connectivity index (χ1) is 7.65. The Kier molecular flexibility index (Phi) is 3.10. The number of fused-ring (bicyclic) bond motifs is 1. The van der Waals surface area contributed by atoms with Crippen LogP contribution in [0.1, 0.15) is 12.5 Å². The van der Waals surface area contributed by atoms with Crippen LogP contribution in [0.3, 0.4) is 0 Å². The summed E-state index contributed by atoms with van der Waals surface area (Å²) in [5, 5.41) is 0. The van der Waals surface area contributed by atoms with Crippen molar-refractivity contribution in [2.75, 3.05) is 11.4 Å². The lowest BCUT2D eigenvalue weighted by molar-refractivity contribution is -0.114. The van der Waals surface area contributed by atoms with Gasteiger partial charge >= 0.3 is 0 Å². The van der Waals surface area contributed by atoms with Crippen molar-refractivity contribution in [1.82, 2.24) is 0 Å². The second kappa shape index (κ2) is 4.37. The zero-order chi connectivity index (χ0) is 11.7. The van der Waals surface area contributed by atoms with E-state index in [4.69, 9.17) is 0 Å². The molecule has 1 amide bonds. The summed E-state index contributed by atoms with van der Waals surface area (Å²) in [6.07, 6.45) is 3.75. The lowest BCUT2D eigenvalue weighted by Gasteiger charge is -2.16. The van der Waals surface area contributed by atoms with Crippen LogP contribution in [0.5, 0.6) is 0 Å². The number of allylic oxidation sites excluding steroid dienone is 1. The molecule has 4 heteroatoms. The third-order valence-corrected chi connectivity index (χ3v) is 3.25. The number of hydrogen-bond donors (Lipinski definition) is 0. The van der Waals surface area contributed by atoms with E-state index in [0.717, 1.165) is 4.47 Å². The highest BCUT2D eigenvalue weighted by molar-refractivity contribution is 9.10. The van der Waals surface area contributed by atoms with Crippen molar-refractivity contribution < 1.29 is 9.18 Å². The van der Waals surface area contributed by atoms with Crippen LogP contribution in [0.15, 0.2) is 28.8 Å². The van der Waals surface area contributed by atoms with Gasteiger partial charge in [0.1, 0.15) is 5.82 Å². The number of hydrogen-bond acceptors (Lipinski definition) is 1. The molecule has 0 unspecified atom stereocenters. The van der Waals surface area contributed by atoms with Gasteiger partial charge in [0.2, 0.25) is 0 Å². The molecule has 16 heavy (non-hydrogen) atoms. The van der Waals surface area contributed by atoms with Crippen molar-refractivity contribution in [2.24, 2.45) is 0 Å². The standard InChI is InChI=1S/C12H11BrFNO/c1-2-3-11(16)15-7-6-8-10(14)5-4-9(13)12(8)15/h2-5H,6-7H2,1H3/b3-2+. The monoisotopic (exact) mass is 283 g/mol. The molecule has 1 aromatic rings. The highest BCUT2D eigenvalue weighted by Crippen LogP contribution is 2.37. The predicted octanol–water partition coefficient (Wildman–Crippen LogP) is 3.05. The second-order valence-electron chi connectivity index (χ2n) is 3.60. The molecule has 0 saturated heterocycles. The van der Waals surface area contributed by atoms with Crippen molar-refractivity contribution in [3.63, 3.8) is 0 Å². The summed E-state index contributed by atoms with van der Waals surface area (Å²) >= 11 is 3.36.